The second-order valence-corrected chi connectivity index (χ2v) is 4.81. The summed E-state index contributed by atoms with van der Waals surface area (Å²) in [5.41, 5.74) is 0.359. The minimum absolute atomic E-state index is 0.0337. The first-order valence-electron chi connectivity index (χ1n) is 6.53. The molecule has 6 nitrogen and oxygen atoms in total. The normalized spacial score (nSPS) is 10.0. The minimum Gasteiger partial charge on any atom is -0.478 e. The molecule has 0 unspecified atom stereocenters. The van der Waals surface area contributed by atoms with Crippen molar-refractivity contribution in [1.82, 2.24) is 5.32 Å². The van der Waals surface area contributed by atoms with Gasteiger partial charge < -0.3 is 15.7 Å². The summed E-state index contributed by atoms with van der Waals surface area (Å²) < 4.78 is 0. The second-order valence-electron chi connectivity index (χ2n) is 4.40. The van der Waals surface area contributed by atoms with E-state index >= 15 is 0 Å². The molecular weight excluding hydrogens is 296 g/mol. The molecule has 7 heteroatoms. The Morgan fingerprint density at radius 2 is 1.86 bits per heavy atom. The van der Waals surface area contributed by atoms with Gasteiger partial charge >= 0.3 is 5.97 Å². The van der Waals surface area contributed by atoms with Crippen LogP contribution in [0, 0.1) is 0 Å². The van der Waals surface area contributed by atoms with Crippen LogP contribution in [0.3, 0.4) is 0 Å². The molecule has 1 aromatic carbocycles. The number of halogens is 1. The molecule has 0 bridgehead atoms. The molecule has 0 radical (unpaired) electrons. The van der Waals surface area contributed by atoms with E-state index in [0.717, 1.165) is 6.42 Å². The Balaban J connectivity index is 2.50. The van der Waals surface area contributed by atoms with Crippen LogP contribution in [0.5, 0.6) is 0 Å². The Kier molecular flexibility index (Phi) is 6.68. The van der Waals surface area contributed by atoms with Gasteiger partial charge in [0.05, 0.1) is 10.6 Å². The maximum absolute atomic E-state index is 11.7. The van der Waals surface area contributed by atoms with Crippen LogP contribution >= 0.6 is 11.6 Å². The van der Waals surface area contributed by atoms with E-state index in [1.54, 1.807) is 0 Å². The van der Waals surface area contributed by atoms with Gasteiger partial charge in [-0.05, 0) is 24.6 Å². The number of anilines is 1. The Labute approximate surface area is 127 Å². The first-order valence-corrected chi connectivity index (χ1v) is 6.91. The van der Waals surface area contributed by atoms with E-state index < -0.39 is 5.97 Å². The topological polar surface area (TPSA) is 95.5 Å². The maximum Gasteiger partial charge on any atom is 0.337 e. The van der Waals surface area contributed by atoms with Gasteiger partial charge in [-0.1, -0.05) is 18.5 Å². The van der Waals surface area contributed by atoms with E-state index in [2.05, 4.69) is 10.6 Å². The van der Waals surface area contributed by atoms with Gasteiger partial charge in [0.25, 0.3) is 0 Å². The van der Waals surface area contributed by atoms with Crippen LogP contribution in [0.15, 0.2) is 18.2 Å². The number of carbonyl (C=O) groups excluding carboxylic acids is 2. The Morgan fingerprint density at radius 3 is 2.43 bits per heavy atom. The van der Waals surface area contributed by atoms with Gasteiger partial charge in [-0.15, -0.1) is 0 Å². The third kappa shape index (κ3) is 5.83. The number of carboxylic acid groups (broad SMARTS) is 1. The van der Waals surface area contributed by atoms with Crippen LogP contribution in [0.4, 0.5) is 5.69 Å². The van der Waals surface area contributed by atoms with Gasteiger partial charge in [0.15, 0.2) is 0 Å². The molecular formula is C14H17ClN2O4. The highest BCUT2D eigenvalue weighted by molar-refractivity contribution is 6.33. The van der Waals surface area contributed by atoms with Gasteiger partial charge in [0.2, 0.25) is 11.8 Å². The monoisotopic (exact) mass is 312 g/mol. The average Bonchev–Trinajstić information content (AvgIpc) is 2.42. The van der Waals surface area contributed by atoms with Gasteiger partial charge in [0, 0.05) is 25.1 Å². The highest BCUT2D eigenvalue weighted by Gasteiger charge is 2.11. The van der Waals surface area contributed by atoms with E-state index in [4.69, 9.17) is 16.7 Å². The summed E-state index contributed by atoms with van der Waals surface area (Å²) in [7, 11) is 0. The number of benzene rings is 1. The average molecular weight is 313 g/mol. The van der Waals surface area contributed by atoms with Crippen molar-refractivity contribution in [3.05, 3.63) is 28.8 Å². The predicted octanol–water partition coefficient (Wildman–Crippen LogP) is 2.28. The first-order chi connectivity index (χ1) is 9.93. The SMILES string of the molecule is CCCNC(=O)CCC(=O)Nc1ccc(C(=O)O)c(Cl)c1. The molecule has 3 N–H and O–H groups in total. The maximum atomic E-state index is 11.7. The Hall–Kier alpha value is -2.08. The van der Waals surface area contributed by atoms with Gasteiger partial charge in [-0.3, -0.25) is 9.59 Å². The predicted molar refractivity (Wildman–Crippen MR) is 79.6 cm³/mol. The molecule has 0 aliphatic carbocycles. The highest BCUT2D eigenvalue weighted by Crippen LogP contribution is 2.21. The second kappa shape index (κ2) is 8.26. The lowest BCUT2D eigenvalue weighted by Crippen LogP contribution is -2.25. The highest BCUT2D eigenvalue weighted by atomic mass is 35.5. The molecule has 0 aliphatic rings. The van der Waals surface area contributed by atoms with Crippen LogP contribution in [-0.2, 0) is 9.59 Å². The van der Waals surface area contributed by atoms with Gasteiger partial charge in [0.1, 0.15) is 0 Å². The van der Waals surface area contributed by atoms with Crippen molar-refractivity contribution in [3.8, 4) is 0 Å². The number of hydrogen-bond donors (Lipinski definition) is 3. The number of carboxylic acids is 1. The van der Waals surface area contributed by atoms with Crippen molar-refractivity contribution in [2.75, 3.05) is 11.9 Å². The van der Waals surface area contributed by atoms with E-state index in [0.29, 0.717) is 12.2 Å². The van der Waals surface area contributed by atoms with Crippen LogP contribution in [0.25, 0.3) is 0 Å². The third-order valence-corrected chi connectivity index (χ3v) is 2.95. The fraction of sp³-hybridized carbons (Fsp3) is 0.357. The zero-order chi connectivity index (χ0) is 15.8. The quantitative estimate of drug-likeness (QED) is 0.719. The molecule has 0 atom stereocenters. The van der Waals surface area contributed by atoms with Gasteiger partial charge in [-0.2, -0.15) is 0 Å². The number of aromatic carboxylic acids is 1. The van der Waals surface area contributed by atoms with Crippen molar-refractivity contribution in [1.29, 1.82) is 0 Å². The number of nitrogens with one attached hydrogen (secondary N) is 2. The van der Waals surface area contributed by atoms with E-state index in [1.807, 2.05) is 6.92 Å². The molecule has 0 heterocycles. The zero-order valence-corrected chi connectivity index (χ0v) is 12.4. The summed E-state index contributed by atoms with van der Waals surface area (Å²) in [6.07, 6.45) is 0.993. The summed E-state index contributed by atoms with van der Waals surface area (Å²) >= 11 is 5.80. The molecule has 0 aliphatic heterocycles. The Morgan fingerprint density at radius 1 is 1.19 bits per heavy atom. The fourth-order valence-corrected chi connectivity index (χ4v) is 1.83. The molecule has 0 saturated carbocycles. The largest absolute Gasteiger partial charge is 0.478 e. The minimum atomic E-state index is -1.13. The van der Waals surface area contributed by atoms with E-state index in [9.17, 15) is 14.4 Å². The smallest absolute Gasteiger partial charge is 0.337 e. The Bertz CT molecular complexity index is 546. The molecule has 0 fully saturated rings. The molecule has 114 valence electrons. The molecule has 0 spiro atoms. The van der Waals surface area contributed by atoms with Crippen molar-refractivity contribution in [2.24, 2.45) is 0 Å². The van der Waals surface area contributed by atoms with Crippen LogP contribution in [0.2, 0.25) is 5.02 Å². The number of hydrogen-bond acceptors (Lipinski definition) is 3. The molecule has 0 saturated heterocycles. The third-order valence-electron chi connectivity index (χ3n) is 2.63. The summed E-state index contributed by atoms with van der Waals surface area (Å²) in [6, 6.07) is 4.12. The van der Waals surface area contributed by atoms with E-state index in [-0.39, 0.29) is 35.2 Å². The standard InChI is InChI=1S/C14H17ClN2O4/c1-2-7-16-12(18)5-6-13(19)17-9-3-4-10(14(20)21)11(15)8-9/h3-4,8H,2,5-7H2,1H3,(H,16,18)(H,17,19)(H,20,21). The first kappa shape index (κ1) is 17.0. The lowest BCUT2D eigenvalue weighted by molar-refractivity contribution is -0.124. The summed E-state index contributed by atoms with van der Waals surface area (Å²) in [4.78, 5) is 33.8. The lowest BCUT2D eigenvalue weighted by Gasteiger charge is -2.07. The molecule has 0 aromatic heterocycles. The number of carbonyl (C=O) groups is 3. The zero-order valence-electron chi connectivity index (χ0n) is 11.6. The van der Waals surface area contributed by atoms with Crippen LogP contribution < -0.4 is 10.6 Å². The fourth-order valence-electron chi connectivity index (χ4n) is 1.57. The van der Waals surface area contributed by atoms with Crippen molar-refractivity contribution in [2.45, 2.75) is 26.2 Å². The molecule has 1 aromatic rings. The lowest BCUT2D eigenvalue weighted by atomic mass is 10.2. The summed E-state index contributed by atoms with van der Waals surface area (Å²) in [6.45, 7) is 2.53. The molecule has 21 heavy (non-hydrogen) atoms. The summed E-state index contributed by atoms with van der Waals surface area (Å²) in [5, 5.41) is 14.1. The van der Waals surface area contributed by atoms with Crippen LogP contribution in [-0.4, -0.2) is 29.4 Å². The van der Waals surface area contributed by atoms with Crippen LogP contribution in [0.1, 0.15) is 36.5 Å². The van der Waals surface area contributed by atoms with Crippen molar-refractivity contribution >= 4 is 35.1 Å². The number of rotatable bonds is 7. The number of amides is 2. The van der Waals surface area contributed by atoms with Crippen molar-refractivity contribution < 1.29 is 19.5 Å². The molecule has 2 amide bonds. The van der Waals surface area contributed by atoms with E-state index in [1.165, 1.54) is 18.2 Å². The summed E-state index contributed by atoms with van der Waals surface area (Å²) in [5.74, 6) is -1.64. The molecule has 1 rings (SSSR count). The van der Waals surface area contributed by atoms with Gasteiger partial charge in [-0.25, -0.2) is 4.79 Å². The van der Waals surface area contributed by atoms with Crippen molar-refractivity contribution in [3.63, 3.8) is 0 Å².